The Labute approximate surface area is 132 Å². The molecule has 4 aromatic rings. The summed E-state index contributed by atoms with van der Waals surface area (Å²) in [6.07, 6.45) is 0. The van der Waals surface area contributed by atoms with Crippen LogP contribution < -0.4 is 0 Å². The van der Waals surface area contributed by atoms with Crippen molar-refractivity contribution in [1.82, 2.24) is 9.97 Å². The number of aromatic nitrogens is 2. The molecule has 20 heavy (non-hydrogen) atoms. The molecule has 0 fully saturated rings. The second-order valence-electron chi connectivity index (χ2n) is 4.60. The van der Waals surface area contributed by atoms with Crippen LogP contribution in [0.2, 0.25) is 0 Å². The molecule has 1 aromatic heterocycles. The van der Waals surface area contributed by atoms with Gasteiger partial charge in [-0.15, -0.1) is 0 Å². The Morgan fingerprint density at radius 2 is 1.35 bits per heavy atom. The summed E-state index contributed by atoms with van der Waals surface area (Å²) in [6, 6.07) is 16.3. The van der Waals surface area contributed by atoms with Gasteiger partial charge in [0.05, 0.1) is 11.0 Å². The fourth-order valence-corrected chi connectivity index (χ4v) is 3.24. The van der Waals surface area contributed by atoms with Crippen LogP contribution in [-0.4, -0.2) is 9.97 Å². The predicted molar refractivity (Wildman–Crippen MR) is 90.0 cm³/mol. The minimum absolute atomic E-state index is 0.877. The van der Waals surface area contributed by atoms with Crippen molar-refractivity contribution in [3.63, 3.8) is 0 Å². The Morgan fingerprint density at radius 1 is 0.650 bits per heavy atom. The highest BCUT2D eigenvalue weighted by molar-refractivity contribution is 9.11. The summed E-state index contributed by atoms with van der Waals surface area (Å²) in [4.78, 5) is 9.58. The molecule has 0 aliphatic carbocycles. The van der Waals surface area contributed by atoms with Crippen molar-refractivity contribution in [2.45, 2.75) is 0 Å². The van der Waals surface area contributed by atoms with E-state index >= 15 is 0 Å². The Hall–Kier alpha value is -1.52. The van der Waals surface area contributed by atoms with E-state index in [9.17, 15) is 0 Å². The molecule has 0 atom stereocenters. The molecule has 0 radical (unpaired) electrons. The minimum atomic E-state index is 0.877. The van der Waals surface area contributed by atoms with Crippen LogP contribution in [0.1, 0.15) is 0 Å². The van der Waals surface area contributed by atoms with Gasteiger partial charge < -0.3 is 0 Å². The number of hydrogen-bond donors (Lipinski definition) is 0. The number of rotatable bonds is 0. The highest BCUT2D eigenvalue weighted by Crippen LogP contribution is 2.31. The molecule has 0 N–H and O–H groups in total. The lowest BCUT2D eigenvalue weighted by atomic mass is 10.1. The third-order valence-electron chi connectivity index (χ3n) is 3.39. The molecule has 0 aliphatic rings. The smallest absolute Gasteiger partial charge is 0.105 e. The Kier molecular flexibility index (Phi) is 2.75. The first-order valence-electron chi connectivity index (χ1n) is 6.17. The van der Waals surface area contributed by atoms with Gasteiger partial charge in [0.25, 0.3) is 0 Å². The van der Waals surface area contributed by atoms with Crippen molar-refractivity contribution in [3.8, 4) is 0 Å². The molecular formula is C16H8Br2N2. The zero-order chi connectivity index (χ0) is 13.7. The monoisotopic (exact) mass is 386 g/mol. The van der Waals surface area contributed by atoms with Gasteiger partial charge in [-0.25, -0.2) is 9.97 Å². The van der Waals surface area contributed by atoms with Gasteiger partial charge in [-0.3, -0.25) is 0 Å². The molecule has 0 spiro atoms. The minimum Gasteiger partial charge on any atom is -0.243 e. The van der Waals surface area contributed by atoms with Gasteiger partial charge in [0.1, 0.15) is 11.0 Å². The quantitative estimate of drug-likeness (QED) is 0.295. The van der Waals surface area contributed by atoms with E-state index in [1.165, 1.54) is 5.39 Å². The fraction of sp³-hybridized carbons (Fsp3) is 0. The van der Waals surface area contributed by atoms with Crippen LogP contribution in [0.3, 0.4) is 0 Å². The summed E-state index contributed by atoms with van der Waals surface area (Å²) in [5, 5.41) is 2.31. The van der Waals surface area contributed by atoms with Crippen LogP contribution in [0.15, 0.2) is 57.5 Å². The molecule has 4 heteroatoms. The number of benzene rings is 3. The van der Waals surface area contributed by atoms with Crippen LogP contribution in [0.25, 0.3) is 32.8 Å². The van der Waals surface area contributed by atoms with Crippen molar-refractivity contribution in [1.29, 1.82) is 0 Å². The van der Waals surface area contributed by atoms with E-state index in [-0.39, 0.29) is 0 Å². The number of hydrogen-bond acceptors (Lipinski definition) is 2. The van der Waals surface area contributed by atoms with Gasteiger partial charge in [0, 0.05) is 14.3 Å². The maximum absolute atomic E-state index is 4.83. The summed E-state index contributed by atoms with van der Waals surface area (Å²) in [7, 11) is 0. The van der Waals surface area contributed by atoms with Crippen molar-refractivity contribution in [3.05, 3.63) is 57.5 Å². The van der Waals surface area contributed by atoms with Crippen LogP contribution >= 0.6 is 31.9 Å². The highest BCUT2D eigenvalue weighted by atomic mass is 79.9. The van der Waals surface area contributed by atoms with E-state index in [0.717, 1.165) is 36.4 Å². The molecule has 0 unspecified atom stereocenters. The first-order valence-corrected chi connectivity index (χ1v) is 7.76. The number of fused-ring (bicyclic) bond motifs is 4. The SMILES string of the molecule is Brc1ccc(Br)c2nc3c(ccc4ccccc43)nc12. The average molecular weight is 388 g/mol. The lowest BCUT2D eigenvalue weighted by molar-refractivity contribution is 1.39. The van der Waals surface area contributed by atoms with Crippen LogP contribution in [0.4, 0.5) is 0 Å². The summed E-state index contributed by atoms with van der Waals surface area (Å²) < 4.78 is 1.91. The Morgan fingerprint density at radius 3 is 2.15 bits per heavy atom. The van der Waals surface area contributed by atoms with Gasteiger partial charge in [-0.05, 0) is 55.4 Å². The Balaban J connectivity index is 2.27. The predicted octanol–water partition coefficient (Wildman–Crippen LogP) is 5.46. The number of nitrogens with zero attached hydrogens (tertiary/aromatic N) is 2. The van der Waals surface area contributed by atoms with Crippen LogP contribution in [-0.2, 0) is 0 Å². The molecular weight excluding hydrogens is 380 g/mol. The standard InChI is InChI=1S/C16H8Br2N2/c17-11-6-7-12(18)16-15(11)19-13-8-5-9-3-1-2-4-10(9)14(13)20-16/h1-8H. The summed E-state index contributed by atoms with van der Waals surface area (Å²) in [5.74, 6) is 0. The largest absolute Gasteiger partial charge is 0.243 e. The van der Waals surface area contributed by atoms with Gasteiger partial charge in [0.2, 0.25) is 0 Å². The molecule has 0 saturated heterocycles. The van der Waals surface area contributed by atoms with E-state index < -0.39 is 0 Å². The Bertz CT molecular complexity index is 980. The van der Waals surface area contributed by atoms with Gasteiger partial charge in [-0.1, -0.05) is 30.3 Å². The fourth-order valence-electron chi connectivity index (χ4n) is 2.43. The molecule has 2 nitrogen and oxygen atoms in total. The van der Waals surface area contributed by atoms with Crippen molar-refractivity contribution < 1.29 is 0 Å². The molecule has 3 aromatic carbocycles. The molecule has 0 aliphatic heterocycles. The molecule has 0 bridgehead atoms. The van der Waals surface area contributed by atoms with Crippen LogP contribution in [0.5, 0.6) is 0 Å². The van der Waals surface area contributed by atoms with Crippen molar-refractivity contribution in [2.24, 2.45) is 0 Å². The summed E-state index contributed by atoms with van der Waals surface area (Å²) in [5.41, 5.74) is 3.61. The number of halogens is 2. The lowest BCUT2D eigenvalue weighted by Gasteiger charge is -2.07. The van der Waals surface area contributed by atoms with Crippen LogP contribution in [0, 0.1) is 0 Å². The first kappa shape index (κ1) is 12.2. The van der Waals surface area contributed by atoms with Crippen molar-refractivity contribution >= 4 is 64.7 Å². The molecule has 4 rings (SSSR count). The zero-order valence-corrected chi connectivity index (χ0v) is 13.4. The third-order valence-corrected chi connectivity index (χ3v) is 4.67. The normalized spacial score (nSPS) is 11.5. The molecule has 1 heterocycles. The molecule has 0 amide bonds. The second kappa shape index (κ2) is 4.50. The van der Waals surface area contributed by atoms with Gasteiger partial charge in [0.15, 0.2) is 0 Å². The molecule has 0 saturated carbocycles. The summed E-state index contributed by atoms with van der Waals surface area (Å²) >= 11 is 7.10. The maximum atomic E-state index is 4.83. The first-order chi connectivity index (χ1) is 9.74. The lowest BCUT2D eigenvalue weighted by Crippen LogP contribution is -1.90. The van der Waals surface area contributed by atoms with E-state index in [1.54, 1.807) is 0 Å². The van der Waals surface area contributed by atoms with E-state index in [0.29, 0.717) is 0 Å². The van der Waals surface area contributed by atoms with E-state index in [4.69, 9.17) is 9.97 Å². The van der Waals surface area contributed by atoms with E-state index in [1.807, 2.05) is 30.3 Å². The van der Waals surface area contributed by atoms with Gasteiger partial charge in [-0.2, -0.15) is 0 Å². The second-order valence-corrected chi connectivity index (χ2v) is 6.31. The van der Waals surface area contributed by atoms with Crippen molar-refractivity contribution in [2.75, 3.05) is 0 Å². The average Bonchev–Trinajstić information content (AvgIpc) is 2.50. The topological polar surface area (TPSA) is 25.8 Å². The molecule has 96 valence electrons. The third kappa shape index (κ3) is 1.75. The zero-order valence-electron chi connectivity index (χ0n) is 10.3. The maximum Gasteiger partial charge on any atom is 0.105 e. The summed E-state index contributed by atoms with van der Waals surface area (Å²) in [6.45, 7) is 0. The highest BCUT2D eigenvalue weighted by Gasteiger charge is 2.10. The van der Waals surface area contributed by atoms with Gasteiger partial charge >= 0.3 is 0 Å². The van der Waals surface area contributed by atoms with E-state index in [2.05, 4.69) is 50.1 Å².